The second-order valence-electron chi connectivity index (χ2n) is 4.03. The Morgan fingerprint density at radius 3 is 2.50 bits per heavy atom. The number of benzene rings is 1. The number of carboxylic acids is 1. The molecule has 1 rings (SSSR count). The van der Waals surface area contributed by atoms with Gasteiger partial charge in [-0.2, -0.15) is 0 Å². The molecule has 0 aliphatic carbocycles. The van der Waals surface area contributed by atoms with Gasteiger partial charge in [0, 0.05) is 0 Å². The zero-order chi connectivity index (χ0) is 13.5. The van der Waals surface area contributed by atoms with Crippen molar-refractivity contribution in [1.82, 2.24) is 0 Å². The normalized spacial score (nSPS) is 10.1. The summed E-state index contributed by atoms with van der Waals surface area (Å²) in [5.41, 5.74) is 0.887. The molecule has 0 aliphatic heterocycles. The minimum Gasteiger partial charge on any atom is -0.478 e. The molecular formula is C14H18O4. The van der Waals surface area contributed by atoms with E-state index in [0.29, 0.717) is 25.0 Å². The summed E-state index contributed by atoms with van der Waals surface area (Å²) in [5.74, 6) is -1.64. The number of carbonyl (C=O) groups excluding carboxylic acids is 1. The summed E-state index contributed by atoms with van der Waals surface area (Å²) in [7, 11) is 0. The van der Waals surface area contributed by atoms with E-state index in [9.17, 15) is 14.7 Å². The number of ether oxygens (including phenoxy) is 1. The summed E-state index contributed by atoms with van der Waals surface area (Å²) in [6, 6.07) is 4.93. The molecule has 98 valence electrons. The van der Waals surface area contributed by atoms with Gasteiger partial charge < -0.3 is 9.84 Å². The summed E-state index contributed by atoms with van der Waals surface area (Å²) in [4.78, 5) is 23.1. The summed E-state index contributed by atoms with van der Waals surface area (Å²) < 4.78 is 5.00. The second-order valence-corrected chi connectivity index (χ2v) is 4.03. The molecule has 4 nitrogen and oxygen atoms in total. The fourth-order valence-electron chi connectivity index (χ4n) is 1.77. The summed E-state index contributed by atoms with van der Waals surface area (Å²) in [6.45, 7) is 4.16. The quantitative estimate of drug-likeness (QED) is 0.788. The Morgan fingerprint density at radius 2 is 1.94 bits per heavy atom. The number of hydrogen-bond donors (Lipinski definition) is 1. The second kappa shape index (κ2) is 6.79. The zero-order valence-corrected chi connectivity index (χ0v) is 10.7. The van der Waals surface area contributed by atoms with E-state index in [1.54, 1.807) is 12.1 Å². The third-order valence-electron chi connectivity index (χ3n) is 2.54. The number of esters is 1. The Bertz CT molecular complexity index is 437. The van der Waals surface area contributed by atoms with Gasteiger partial charge in [-0.25, -0.2) is 9.59 Å². The molecule has 0 saturated carbocycles. The maximum Gasteiger partial charge on any atom is 0.339 e. The Labute approximate surface area is 107 Å². The lowest BCUT2D eigenvalue weighted by molar-refractivity contribution is 0.0494. The molecular weight excluding hydrogens is 232 g/mol. The fraction of sp³-hybridized carbons (Fsp3) is 0.429. The number of rotatable bonds is 6. The highest BCUT2D eigenvalue weighted by atomic mass is 16.5. The highest BCUT2D eigenvalue weighted by Gasteiger charge is 2.20. The third kappa shape index (κ3) is 3.32. The number of hydrogen-bond acceptors (Lipinski definition) is 3. The van der Waals surface area contributed by atoms with Gasteiger partial charge in [0.15, 0.2) is 0 Å². The molecule has 4 heteroatoms. The van der Waals surface area contributed by atoms with Crippen molar-refractivity contribution in [2.75, 3.05) is 6.61 Å². The van der Waals surface area contributed by atoms with Crippen molar-refractivity contribution in [3.05, 3.63) is 34.9 Å². The van der Waals surface area contributed by atoms with Gasteiger partial charge in [0.2, 0.25) is 0 Å². The summed E-state index contributed by atoms with van der Waals surface area (Å²) in [5, 5.41) is 9.24. The first kappa shape index (κ1) is 14.2. The average molecular weight is 250 g/mol. The Balaban J connectivity index is 3.13. The summed E-state index contributed by atoms with van der Waals surface area (Å²) >= 11 is 0. The molecule has 1 aromatic rings. The Kier molecular flexibility index (Phi) is 5.36. The molecule has 0 aromatic heterocycles. The fourth-order valence-corrected chi connectivity index (χ4v) is 1.77. The maximum absolute atomic E-state index is 11.8. The van der Waals surface area contributed by atoms with Crippen molar-refractivity contribution < 1.29 is 19.4 Å². The molecule has 0 saturated heterocycles. The smallest absolute Gasteiger partial charge is 0.339 e. The van der Waals surface area contributed by atoms with E-state index in [1.807, 2.05) is 13.8 Å². The first-order valence-corrected chi connectivity index (χ1v) is 6.14. The lowest BCUT2D eigenvalue weighted by atomic mass is 9.98. The van der Waals surface area contributed by atoms with Crippen LogP contribution >= 0.6 is 0 Å². The van der Waals surface area contributed by atoms with Crippen LogP contribution < -0.4 is 0 Å². The highest BCUT2D eigenvalue weighted by molar-refractivity contribution is 6.03. The van der Waals surface area contributed by atoms with Crippen LogP contribution in [0.25, 0.3) is 0 Å². The number of carboxylic acid groups (broad SMARTS) is 1. The van der Waals surface area contributed by atoms with Crippen LogP contribution in [0.4, 0.5) is 0 Å². The largest absolute Gasteiger partial charge is 0.478 e. The van der Waals surface area contributed by atoms with Gasteiger partial charge in [-0.05, 0) is 24.5 Å². The minimum atomic E-state index is -1.08. The molecule has 0 unspecified atom stereocenters. The van der Waals surface area contributed by atoms with Crippen LogP contribution in [0.1, 0.15) is 53.0 Å². The third-order valence-corrected chi connectivity index (χ3v) is 2.54. The van der Waals surface area contributed by atoms with Crippen LogP contribution in [0, 0.1) is 0 Å². The van der Waals surface area contributed by atoms with Crippen molar-refractivity contribution in [2.45, 2.75) is 33.1 Å². The van der Waals surface area contributed by atoms with Crippen molar-refractivity contribution in [3.8, 4) is 0 Å². The van der Waals surface area contributed by atoms with E-state index in [-0.39, 0.29) is 11.1 Å². The molecule has 0 amide bonds. The van der Waals surface area contributed by atoms with Crippen LogP contribution in [-0.2, 0) is 11.2 Å². The van der Waals surface area contributed by atoms with Crippen LogP contribution in [0.5, 0.6) is 0 Å². The first-order valence-electron chi connectivity index (χ1n) is 6.14. The molecule has 0 atom stereocenters. The standard InChI is InChI=1S/C14H18O4/c1-3-6-10-7-5-8-11(12(10)13(15)16)14(17)18-9-4-2/h5,7-8H,3-4,6,9H2,1-2H3,(H,15,16). The lowest BCUT2D eigenvalue weighted by Gasteiger charge is -2.10. The summed E-state index contributed by atoms with van der Waals surface area (Å²) in [6.07, 6.45) is 2.17. The van der Waals surface area contributed by atoms with Gasteiger partial charge >= 0.3 is 11.9 Å². The van der Waals surface area contributed by atoms with E-state index in [2.05, 4.69) is 0 Å². The number of aryl methyl sites for hydroxylation is 1. The minimum absolute atomic E-state index is 0.0699. The monoisotopic (exact) mass is 250 g/mol. The first-order chi connectivity index (χ1) is 8.61. The molecule has 0 spiro atoms. The highest BCUT2D eigenvalue weighted by Crippen LogP contribution is 2.18. The number of carbonyl (C=O) groups is 2. The van der Waals surface area contributed by atoms with Gasteiger partial charge in [0.05, 0.1) is 17.7 Å². The van der Waals surface area contributed by atoms with Crippen molar-refractivity contribution in [2.24, 2.45) is 0 Å². The van der Waals surface area contributed by atoms with Crippen molar-refractivity contribution in [1.29, 1.82) is 0 Å². The van der Waals surface area contributed by atoms with Gasteiger partial charge in [-0.3, -0.25) is 0 Å². The van der Waals surface area contributed by atoms with Gasteiger partial charge in [0.25, 0.3) is 0 Å². The molecule has 1 N–H and O–H groups in total. The molecule has 18 heavy (non-hydrogen) atoms. The molecule has 0 fully saturated rings. The molecule has 0 heterocycles. The van der Waals surface area contributed by atoms with E-state index in [4.69, 9.17) is 4.74 Å². The van der Waals surface area contributed by atoms with Crippen LogP contribution in [0.15, 0.2) is 18.2 Å². The maximum atomic E-state index is 11.8. The van der Waals surface area contributed by atoms with E-state index >= 15 is 0 Å². The molecule has 0 bridgehead atoms. The molecule has 1 aromatic carbocycles. The molecule has 0 aliphatic rings. The van der Waals surface area contributed by atoms with E-state index in [1.165, 1.54) is 6.07 Å². The molecule has 0 radical (unpaired) electrons. The predicted octanol–water partition coefficient (Wildman–Crippen LogP) is 2.90. The van der Waals surface area contributed by atoms with Crippen LogP contribution in [-0.4, -0.2) is 23.7 Å². The number of aromatic carboxylic acids is 1. The SMILES string of the molecule is CCCOC(=O)c1cccc(CCC)c1C(=O)O. The van der Waals surface area contributed by atoms with E-state index < -0.39 is 11.9 Å². The van der Waals surface area contributed by atoms with Crippen LogP contribution in [0.3, 0.4) is 0 Å². The Morgan fingerprint density at radius 1 is 1.22 bits per heavy atom. The van der Waals surface area contributed by atoms with E-state index in [0.717, 1.165) is 6.42 Å². The van der Waals surface area contributed by atoms with Crippen LogP contribution in [0.2, 0.25) is 0 Å². The predicted molar refractivity (Wildman–Crippen MR) is 68.0 cm³/mol. The van der Waals surface area contributed by atoms with Gasteiger partial charge in [-0.15, -0.1) is 0 Å². The lowest BCUT2D eigenvalue weighted by Crippen LogP contribution is -2.14. The topological polar surface area (TPSA) is 63.6 Å². The van der Waals surface area contributed by atoms with Crippen molar-refractivity contribution in [3.63, 3.8) is 0 Å². The van der Waals surface area contributed by atoms with Gasteiger partial charge in [0.1, 0.15) is 0 Å². The zero-order valence-electron chi connectivity index (χ0n) is 10.7. The van der Waals surface area contributed by atoms with Crippen molar-refractivity contribution >= 4 is 11.9 Å². The Hall–Kier alpha value is -1.84. The van der Waals surface area contributed by atoms with Gasteiger partial charge in [-0.1, -0.05) is 32.4 Å². The average Bonchev–Trinajstić information content (AvgIpc) is 2.35.